The number of halogens is 1. The Bertz CT molecular complexity index is 556. The summed E-state index contributed by atoms with van der Waals surface area (Å²) in [5, 5.41) is 3.62. The lowest BCUT2D eigenvalue weighted by molar-refractivity contribution is 0.374. The zero-order chi connectivity index (χ0) is 13.2. The Morgan fingerprint density at radius 2 is 1.79 bits per heavy atom. The zero-order valence-electron chi connectivity index (χ0n) is 11.1. The van der Waals surface area contributed by atoms with Gasteiger partial charge in [-0.2, -0.15) is 0 Å². The molecule has 0 spiro atoms. The summed E-state index contributed by atoms with van der Waals surface area (Å²) in [5.74, 6) is 0.737. The van der Waals surface area contributed by atoms with Gasteiger partial charge in [-0.25, -0.2) is 0 Å². The first-order valence-corrected chi connectivity index (χ1v) is 7.87. The molecule has 0 saturated heterocycles. The van der Waals surface area contributed by atoms with Gasteiger partial charge in [-0.1, -0.05) is 29.8 Å². The molecule has 1 aliphatic carbocycles. The quantitative estimate of drug-likeness (QED) is 0.761. The molecule has 0 atom stereocenters. The smallest absolute Gasteiger partial charge is 0.0343 e. The predicted molar refractivity (Wildman–Crippen MR) is 89.7 cm³/mol. The number of anilines is 1. The first kappa shape index (κ1) is 13.0. The first-order valence-electron chi connectivity index (χ1n) is 6.79. The second kappa shape index (κ2) is 5.53. The van der Waals surface area contributed by atoms with Crippen molar-refractivity contribution in [2.24, 2.45) is 0 Å². The fraction of sp³-hybridized carbons (Fsp3) is 0.294. The van der Waals surface area contributed by atoms with Crippen LogP contribution in [0, 0.1) is 10.5 Å². The lowest BCUT2D eigenvalue weighted by atomic mass is 9.75. The van der Waals surface area contributed by atoms with Crippen LogP contribution in [0.3, 0.4) is 0 Å². The highest BCUT2D eigenvalue weighted by atomic mass is 127. The third-order valence-electron chi connectivity index (χ3n) is 3.87. The standard InChI is InChI=1S/C17H18IN/c1-12-3-2-4-13(9-12)14-10-17(11-14)19-16-7-5-15(18)6-8-16/h2-9,14,17,19H,10-11H2,1H3. The topological polar surface area (TPSA) is 12.0 Å². The van der Waals surface area contributed by atoms with Crippen LogP contribution >= 0.6 is 22.6 Å². The molecule has 2 aromatic rings. The van der Waals surface area contributed by atoms with Crippen molar-refractivity contribution in [1.82, 2.24) is 0 Å². The number of nitrogens with one attached hydrogen (secondary N) is 1. The minimum Gasteiger partial charge on any atom is -0.382 e. The van der Waals surface area contributed by atoms with E-state index in [2.05, 4.69) is 83.4 Å². The SMILES string of the molecule is Cc1cccc(C2CC(Nc3ccc(I)cc3)C2)c1. The zero-order valence-corrected chi connectivity index (χ0v) is 13.2. The van der Waals surface area contributed by atoms with Crippen molar-refractivity contribution in [2.75, 3.05) is 5.32 Å². The maximum atomic E-state index is 3.62. The molecular weight excluding hydrogens is 345 g/mol. The van der Waals surface area contributed by atoms with Crippen LogP contribution in [0.1, 0.15) is 29.9 Å². The van der Waals surface area contributed by atoms with E-state index in [0.29, 0.717) is 6.04 Å². The molecule has 19 heavy (non-hydrogen) atoms. The van der Waals surface area contributed by atoms with Crippen molar-refractivity contribution < 1.29 is 0 Å². The molecule has 0 heterocycles. The molecule has 0 amide bonds. The van der Waals surface area contributed by atoms with Gasteiger partial charge in [0, 0.05) is 15.3 Å². The molecule has 0 aliphatic heterocycles. The minimum atomic E-state index is 0.630. The first-order chi connectivity index (χ1) is 9.20. The summed E-state index contributed by atoms with van der Waals surface area (Å²) in [4.78, 5) is 0. The minimum absolute atomic E-state index is 0.630. The Morgan fingerprint density at radius 3 is 2.47 bits per heavy atom. The molecule has 3 rings (SSSR count). The van der Waals surface area contributed by atoms with Gasteiger partial charge in [0.15, 0.2) is 0 Å². The molecule has 1 nitrogen and oxygen atoms in total. The van der Waals surface area contributed by atoms with Crippen molar-refractivity contribution in [3.05, 3.63) is 63.2 Å². The Morgan fingerprint density at radius 1 is 1.05 bits per heavy atom. The van der Waals surface area contributed by atoms with Crippen molar-refractivity contribution in [1.29, 1.82) is 0 Å². The average Bonchev–Trinajstić information content (AvgIpc) is 2.35. The van der Waals surface area contributed by atoms with Crippen LogP contribution in [0.25, 0.3) is 0 Å². The number of aryl methyl sites for hydroxylation is 1. The number of benzene rings is 2. The summed E-state index contributed by atoms with van der Waals surface area (Å²) in [6.07, 6.45) is 2.49. The molecule has 0 aromatic heterocycles. The molecule has 1 aliphatic rings. The average molecular weight is 363 g/mol. The molecule has 0 unspecified atom stereocenters. The molecule has 1 fully saturated rings. The summed E-state index contributed by atoms with van der Waals surface area (Å²) in [6.45, 7) is 2.17. The number of hydrogen-bond donors (Lipinski definition) is 1. The highest BCUT2D eigenvalue weighted by molar-refractivity contribution is 14.1. The normalized spacial score (nSPS) is 21.8. The number of rotatable bonds is 3. The summed E-state index contributed by atoms with van der Waals surface area (Å²) in [6, 6.07) is 18.2. The molecule has 2 heteroatoms. The van der Waals surface area contributed by atoms with Crippen LogP contribution in [0.15, 0.2) is 48.5 Å². The largest absolute Gasteiger partial charge is 0.382 e. The fourth-order valence-corrected chi connectivity index (χ4v) is 3.07. The van der Waals surface area contributed by atoms with Crippen LogP contribution in [0.4, 0.5) is 5.69 Å². The van der Waals surface area contributed by atoms with Gasteiger partial charge in [0.25, 0.3) is 0 Å². The van der Waals surface area contributed by atoms with E-state index >= 15 is 0 Å². The Hall–Kier alpha value is -1.03. The van der Waals surface area contributed by atoms with Gasteiger partial charge in [0.1, 0.15) is 0 Å². The highest BCUT2D eigenvalue weighted by Crippen LogP contribution is 2.38. The van der Waals surface area contributed by atoms with E-state index in [-0.39, 0.29) is 0 Å². The van der Waals surface area contributed by atoms with E-state index in [1.807, 2.05) is 0 Å². The molecular formula is C17H18IN. The third kappa shape index (κ3) is 3.11. The van der Waals surface area contributed by atoms with E-state index in [0.717, 1.165) is 5.92 Å². The van der Waals surface area contributed by atoms with Crippen LogP contribution < -0.4 is 5.32 Å². The maximum Gasteiger partial charge on any atom is 0.0343 e. The van der Waals surface area contributed by atoms with Gasteiger partial charge in [-0.05, 0) is 78.1 Å². The number of hydrogen-bond acceptors (Lipinski definition) is 1. The van der Waals surface area contributed by atoms with Crippen molar-refractivity contribution in [3.8, 4) is 0 Å². The van der Waals surface area contributed by atoms with Gasteiger partial charge in [0.05, 0.1) is 0 Å². The summed E-state index contributed by atoms with van der Waals surface area (Å²) in [7, 11) is 0. The van der Waals surface area contributed by atoms with Crippen molar-refractivity contribution in [2.45, 2.75) is 31.7 Å². The molecule has 0 radical (unpaired) electrons. The summed E-state index contributed by atoms with van der Waals surface area (Å²) in [5.41, 5.74) is 4.11. The van der Waals surface area contributed by atoms with Gasteiger partial charge in [0.2, 0.25) is 0 Å². The van der Waals surface area contributed by atoms with E-state index in [9.17, 15) is 0 Å². The maximum absolute atomic E-state index is 3.62. The molecule has 1 N–H and O–H groups in total. The van der Waals surface area contributed by atoms with Crippen LogP contribution in [0.2, 0.25) is 0 Å². The van der Waals surface area contributed by atoms with E-state index < -0.39 is 0 Å². The Kier molecular flexibility index (Phi) is 3.78. The van der Waals surface area contributed by atoms with E-state index in [4.69, 9.17) is 0 Å². The summed E-state index contributed by atoms with van der Waals surface area (Å²) >= 11 is 2.34. The second-order valence-corrected chi connectivity index (χ2v) is 6.68. The molecule has 0 bridgehead atoms. The predicted octanol–water partition coefficient (Wildman–Crippen LogP) is 4.96. The lowest BCUT2D eigenvalue weighted by Crippen LogP contribution is -2.33. The highest BCUT2D eigenvalue weighted by Gasteiger charge is 2.30. The second-order valence-electron chi connectivity index (χ2n) is 5.43. The monoisotopic (exact) mass is 363 g/mol. The Labute approximate surface area is 128 Å². The van der Waals surface area contributed by atoms with Crippen LogP contribution in [-0.4, -0.2) is 6.04 Å². The Balaban J connectivity index is 1.57. The molecule has 98 valence electrons. The van der Waals surface area contributed by atoms with Crippen LogP contribution in [-0.2, 0) is 0 Å². The van der Waals surface area contributed by atoms with Crippen molar-refractivity contribution >= 4 is 28.3 Å². The summed E-state index contributed by atoms with van der Waals surface area (Å²) < 4.78 is 1.29. The third-order valence-corrected chi connectivity index (χ3v) is 4.59. The van der Waals surface area contributed by atoms with E-state index in [1.54, 1.807) is 0 Å². The lowest BCUT2D eigenvalue weighted by Gasteiger charge is -2.37. The molecule has 2 aromatic carbocycles. The van der Waals surface area contributed by atoms with Gasteiger partial charge >= 0.3 is 0 Å². The van der Waals surface area contributed by atoms with Gasteiger partial charge < -0.3 is 5.32 Å². The van der Waals surface area contributed by atoms with Gasteiger partial charge in [-0.15, -0.1) is 0 Å². The van der Waals surface area contributed by atoms with Gasteiger partial charge in [-0.3, -0.25) is 0 Å². The van der Waals surface area contributed by atoms with Crippen LogP contribution in [0.5, 0.6) is 0 Å². The molecule has 1 saturated carbocycles. The van der Waals surface area contributed by atoms with Crippen molar-refractivity contribution in [3.63, 3.8) is 0 Å². The fourth-order valence-electron chi connectivity index (χ4n) is 2.71. The van der Waals surface area contributed by atoms with E-state index in [1.165, 1.54) is 33.2 Å².